The number of para-hydroxylation sites is 2. The molecule has 218 valence electrons. The molecule has 0 unspecified atom stereocenters. The number of methoxy groups -OCH3 is 1. The van der Waals surface area contributed by atoms with E-state index in [1.54, 1.807) is 58.7 Å². The van der Waals surface area contributed by atoms with Crippen molar-refractivity contribution < 1.29 is 27.8 Å². The summed E-state index contributed by atoms with van der Waals surface area (Å²) in [7, 11) is 1.57. The number of carbonyl (C=O) groups excluding carboxylic acids is 2. The summed E-state index contributed by atoms with van der Waals surface area (Å²) in [6, 6.07) is 19.3. The number of piperazine rings is 1. The molecule has 3 aromatic carbocycles. The number of aromatic nitrogens is 1. The van der Waals surface area contributed by atoms with Crippen molar-refractivity contribution in [3.63, 3.8) is 0 Å². The first-order valence-corrected chi connectivity index (χ1v) is 13.7. The number of urea groups is 1. The third kappa shape index (κ3) is 5.79. The molecular formula is C32H32F2N4O4. The topological polar surface area (TPSA) is 76.0 Å². The summed E-state index contributed by atoms with van der Waals surface area (Å²) in [4.78, 5) is 30.1. The Morgan fingerprint density at radius 1 is 0.905 bits per heavy atom. The molecular weight excluding hydrogens is 542 g/mol. The number of hydrogen-bond donors (Lipinski definition) is 1. The third-order valence-corrected chi connectivity index (χ3v) is 7.30. The molecule has 42 heavy (non-hydrogen) atoms. The van der Waals surface area contributed by atoms with Gasteiger partial charge in [0.1, 0.15) is 23.1 Å². The second-order valence-electron chi connectivity index (χ2n) is 9.83. The molecule has 1 aliphatic rings. The molecule has 5 rings (SSSR count). The van der Waals surface area contributed by atoms with Gasteiger partial charge >= 0.3 is 6.03 Å². The minimum absolute atomic E-state index is 0.132. The summed E-state index contributed by atoms with van der Waals surface area (Å²) in [5, 5.41) is 2.90. The van der Waals surface area contributed by atoms with Gasteiger partial charge in [-0.3, -0.25) is 4.79 Å². The molecule has 1 saturated heterocycles. The van der Waals surface area contributed by atoms with Crippen LogP contribution >= 0.6 is 0 Å². The molecule has 8 nitrogen and oxygen atoms in total. The predicted molar refractivity (Wildman–Crippen MR) is 157 cm³/mol. The van der Waals surface area contributed by atoms with Gasteiger partial charge in [0.2, 0.25) is 0 Å². The van der Waals surface area contributed by atoms with Crippen LogP contribution in [0.25, 0.3) is 16.9 Å². The highest BCUT2D eigenvalue weighted by atomic mass is 19.1. The van der Waals surface area contributed by atoms with Crippen LogP contribution in [0.4, 0.5) is 19.3 Å². The summed E-state index contributed by atoms with van der Waals surface area (Å²) in [5.41, 5.74) is 2.94. The quantitative estimate of drug-likeness (QED) is 0.288. The zero-order valence-electron chi connectivity index (χ0n) is 23.7. The Morgan fingerprint density at radius 3 is 2.26 bits per heavy atom. The van der Waals surface area contributed by atoms with Gasteiger partial charge < -0.3 is 29.2 Å². The van der Waals surface area contributed by atoms with Crippen LogP contribution in [0.2, 0.25) is 0 Å². The number of rotatable bonds is 7. The lowest BCUT2D eigenvalue weighted by molar-refractivity contribution is 0.0671. The smallest absolute Gasteiger partial charge is 0.322 e. The second kappa shape index (κ2) is 12.3. The lowest BCUT2D eigenvalue weighted by atomic mass is 10.1. The molecule has 0 atom stereocenters. The Balaban J connectivity index is 1.37. The largest absolute Gasteiger partial charge is 0.497 e. The van der Waals surface area contributed by atoms with E-state index in [0.717, 1.165) is 11.6 Å². The Kier molecular flexibility index (Phi) is 8.42. The van der Waals surface area contributed by atoms with Crippen molar-refractivity contribution >= 4 is 17.6 Å². The van der Waals surface area contributed by atoms with Gasteiger partial charge in [0, 0.05) is 37.9 Å². The van der Waals surface area contributed by atoms with Gasteiger partial charge in [-0.2, -0.15) is 0 Å². The fourth-order valence-corrected chi connectivity index (χ4v) is 5.10. The molecule has 2 heterocycles. The Bertz CT molecular complexity index is 1590. The SMILES string of the molecule is CCOc1ccccc1NC(=O)N1CCN(C(=O)c2cc(-c3ccc(OC)cc3)n(-c3ccc(F)cc3F)c2C)CC1. The first-order valence-electron chi connectivity index (χ1n) is 13.7. The van der Waals surface area contributed by atoms with Crippen LogP contribution < -0.4 is 14.8 Å². The van der Waals surface area contributed by atoms with Crippen molar-refractivity contribution in [3.8, 4) is 28.4 Å². The van der Waals surface area contributed by atoms with E-state index in [-0.39, 0.29) is 17.6 Å². The van der Waals surface area contributed by atoms with Crippen LogP contribution in [0.15, 0.2) is 72.8 Å². The van der Waals surface area contributed by atoms with Gasteiger partial charge in [-0.15, -0.1) is 0 Å². The number of halogens is 2. The fraction of sp³-hybridized carbons (Fsp3) is 0.250. The van der Waals surface area contributed by atoms with Gasteiger partial charge in [0.25, 0.3) is 5.91 Å². The minimum Gasteiger partial charge on any atom is -0.497 e. The van der Waals surface area contributed by atoms with E-state index in [2.05, 4.69) is 5.32 Å². The van der Waals surface area contributed by atoms with Gasteiger partial charge in [0.15, 0.2) is 0 Å². The second-order valence-corrected chi connectivity index (χ2v) is 9.83. The number of ether oxygens (including phenoxy) is 2. The average molecular weight is 575 g/mol. The summed E-state index contributed by atoms with van der Waals surface area (Å²) >= 11 is 0. The molecule has 4 aromatic rings. The van der Waals surface area contributed by atoms with Crippen molar-refractivity contribution in [2.24, 2.45) is 0 Å². The molecule has 1 aliphatic heterocycles. The maximum atomic E-state index is 15.0. The third-order valence-electron chi connectivity index (χ3n) is 7.30. The van der Waals surface area contributed by atoms with Crippen molar-refractivity contribution in [2.75, 3.05) is 45.2 Å². The number of nitrogens with zero attached hydrogens (tertiary/aromatic N) is 3. The van der Waals surface area contributed by atoms with Crippen LogP contribution in [-0.4, -0.2) is 66.2 Å². The standard InChI is InChI=1S/C32H32F2N4O4/c1-4-42-30-8-6-5-7-27(30)35-32(40)37-17-15-36(16-18-37)31(39)25-20-29(22-9-12-24(41-3)13-10-22)38(21(25)2)28-14-11-23(33)19-26(28)34/h5-14,19-20H,4,15-18H2,1-3H3,(H,35,40). The number of nitrogens with one attached hydrogen (secondary N) is 1. The first-order chi connectivity index (χ1) is 20.3. The molecule has 3 amide bonds. The van der Waals surface area contributed by atoms with Crippen LogP contribution in [0.3, 0.4) is 0 Å². The van der Waals surface area contributed by atoms with Gasteiger partial charge in [-0.1, -0.05) is 12.1 Å². The van der Waals surface area contributed by atoms with Crippen LogP contribution in [0.5, 0.6) is 11.5 Å². The molecule has 0 bridgehead atoms. The number of benzene rings is 3. The van der Waals surface area contributed by atoms with Crippen molar-refractivity contribution in [1.29, 1.82) is 0 Å². The maximum Gasteiger partial charge on any atom is 0.322 e. The molecule has 0 saturated carbocycles. The average Bonchev–Trinajstić information content (AvgIpc) is 3.34. The van der Waals surface area contributed by atoms with E-state index in [9.17, 15) is 14.0 Å². The molecule has 1 fully saturated rings. The van der Waals surface area contributed by atoms with E-state index in [1.807, 2.05) is 31.2 Å². The molecule has 0 radical (unpaired) electrons. The van der Waals surface area contributed by atoms with Gasteiger partial charge in [-0.25, -0.2) is 13.6 Å². The number of hydrogen-bond acceptors (Lipinski definition) is 4. The number of amides is 3. The van der Waals surface area contributed by atoms with Crippen LogP contribution in [0.1, 0.15) is 23.0 Å². The fourth-order valence-electron chi connectivity index (χ4n) is 5.10. The summed E-state index contributed by atoms with van der Waals surface area (Å²) in [6.07, 6.45) is 0. The van der Waals surface area contributed by atoms with Crippen LogP contribution in [0, 0.1) is 18.6 Å². The van der Waals surface area contributed by atoms with Crippen molar-refractivity contribution in [1.82, 2.24) is 14.4 Å². The Morgan fingerprint density at radius 2 is 1.60 bits per heavy atom. The van der Waals surface area contributed by atoms with E-state index >= 15 is 4.39 Å². The van der Waals surface area contributed by atoms with Gasteiger partial charge in [0.05, 0.1) is 36.3 Å². The molecule has 10 heteroatoms. The number of carbonyl (C=O) groups is 2. The zero-order valence-corrected chi connectivity index (χ0v) is 23.7. The monoisotopic (exact) mass is 574 g/mol. The molecule has 0 aliphatic carbocycles. The highest BCUT2D eigenvalue weighted by molar-refractivity contribution is 5.98. The molecule has 1 aromatic heterocycles. The van der Waals surface area contributed by atoms with E-state index in [1.165, 1.54) is 12.1 Å². The summed E-state index contributed by atoms with van der Waals surface area (Å²) < 4.78 is 41.3. The summed E-state index contributed by atoms with van der Waals surface area (Å²) in [5.74, 6) is -0.418. The van der Waals surface area contributed by atoms with E-state index in [0.29, 0.717) is 66.9 Å². The Hall–Kier alpha value is -4.86. The highest BCUT2D eigenvalue weighted by Gasteiger charge is 2.29. The molecule has 1 N–H and O–H groups in total. The number of anilines is 1. The van der Waals surface area contributed by atoms with Crippen molar-refractivity contribution in [2.45, 2.75) is 13.8 Å². The first kappa shape index (κ1) is 28.7. The van der Waals surface area contributed by atoms with Crippen molar-refractivity contribution in [3.05, 3.63) is 95.7 Å². The van der Waals surface area contributed by atoms with E-state index in [4.69, 9.17) is 9.47 Å². The van der Waals surface area contributed by atoms with Crippen LogP contribution in [-0.2, 0) is 0 Å². The summed E-state index contributed by atoms with van der Waals surface area (Å²) in [6.45, 7) is 5.42. The minimum atomic E-state index is -0.743. The predicted octanol–water partition coefficient (Wildman–Crippen LogP) is 6.13. The normalized spacial score (nSPS) is 13.2. The zero-order chi connectivity index (χ0) is 29.8. The Labute approximate surface area is 243 Å². The van der Waals surface area contributed by atoms with E-state index < -0.39 is 11.6 Å². The molecule has 0 spiro atoms. The highest BCUT2D eigenvalue weighted by Crippen LogP contribution is 2.33. The lowest BCUT2D eigenvalue weighted by Crippen LogP contribution is -2.51. The van der Waals surface area contributed by atoms with Gasteiger partial charge in [-0.05, 0) is 74.0 Å². The maximum absolute atomic E-state index is 15.0. The lowest BCUT2D eigenvalue weighted by Gasteiger charge is -2.34.